The zero-order valence-electron chi connectivity index (χ0n) is 19.8. The van der Waals surface area contributed by atoms with Crippen molar-refractivity contribution in [3.63, 3.8) is 0 Å². The topological polar surface area (TPSA) is 111 Å². The number of benzene rings is 3. The van der Waals surface area contributed by atoms with Crippen molar-refractivity contribution in [1.82, 2.24) is 0 Å². The lowest BCUT2D eigenvalue weighted by molar-refractivity contribution is -0.385. The van der Waals surface area contributed by atoms with Gasteiger partial charge in [0.1, 0.15) is 12.0 Å². The van der Waals surface area contributed by atoms with Crippen LogP contribution in [0.25, 0.3) is 0 Å². The van der Waals surface area contributed by atoms with Crippen LogP contribution in [0.15, 0.2) is 66.7 Å². The molecule has 0 unspecified atom stereocenters. The van der Waals surface area contributed by atoms with E-state index in [9.17, 15) is 19.7 Å². The van der Waals surface area contributed by atoms with Crippen molar-refractivity contribution < 1.29 is 28.8 Å². The Morgan fingerprint density at radius 2 is 1.53 bits per heavy atom. The molecular weight excluding hydrogens is 466 g/mol. The van der Waals surface area contributed by atoms with Gasteiger partial charge < -0.3 is 9.47 Å². The number of ether oxygens (including phenoxy) is 2. The third-order valence-electron chi connectivity index (χ3n) is 6.47. The van der Waals surface area contributed by atoms with Crippen molar-refractivity contribution >= 4 is 28.9 Å². The number of amides is 2. The molecule has 2 fully saturated rings. The van der Waals surface area contributed by atoms with Crippen LogP contribution < -0.4 is 19.4 Å². The normalized spacial score (nSPS) is 21.0. The summed E-state index contributed by atoms with van der Waals surface area (Å²) < 4.78 is 10.7. The zero-order valence-corrected chi connectivity index (χ0v) is 19.8. The molecule has 0 aromatic heterocycles. The first-order valence-electron chi connectivity index (χ1n) is 11.2. The molecule has 184 valence electrons. The molecule has 2 aliphatic heterocycles. The average molecular weight is 489 g/mol. The van der Waals surface area contributed by atoms with E-state index in [0.29, 0.717) is 11.4 Å². The molecule has 0 N–H and O–H groups in total. The van der Waals surface area contributed by atoms with E-state index in [1.165, 1.54) is 31.4 Å². The number of carbonyl (C=O) groups is 2. The van der Waals surface area contributed by atoms with Gasteiger partial charge in [0, 0.05) is 0 Å². The number of nitro groups is 1. The monoisotopic (exact) mass is 489 g/mol. The minimum atomic E-state index is -1.16. The first-order chi connectivity index (χ1) is 17.3. The lowest BCUT2D eigenvalue weighted by Gasteiger charge is -2.29. The van der Waals surface area contributed by atoms with Gasteiger partial charge in [0.05, 0.1) is 42.1 Å². The Morgan fingerprint density at radius 1 is 0.889 bits per heavy atom. The maximum absolute atomic E-state index is 13.8. The fourth-order valence-corrected chi connectivity index (χ4v) is 4.76. The highest BCUT2D eigenvalue weighted by molar-refractivity contribution is 6.24. The van der Waals surface area contributed by atoms with Gasteiger partial charge in [-0.1, -0.05) is 35.9 Å². The summed E-state index contributed by atoms with van der Waals surface area (Å²) in [7, 11) is 2.80. The molecule has 2 saturated heterocycles. The summed E-state index contributed by atoms with van der Waals surface area (Å²) in [5.74, 6) is -1.64. The number of aryl methyl sites for hydroxylation is 1. The van der Waals surface area contributed by atoms with Crippen LogP contribution in [0.1, 0.15) is 17.2 Å². The average Bonchev–Trinajstić information content (AvgIpc) is 3.40. The van der Waals surface area contributed by atoms with Crippen molar-refractivity contribution in [3.8, 4) is 11.5 Å². The summed E-state index contributed by atoms with van der Waals surface area (Å²) in [6.07, 6.45) is -1.16. The van der Waals surface area contributed by atoms with Crippen molar-refractivity contribution in [2.45, 2.75) is 19.1 Å². The molecule has 10 nitrogen and oxygen atoms in total. The SMILES string of the molecule is COc1cc([C@@H]2[C@@H]3C(=O)N(c4ccc(C)cc4)C(=O)[C@@H]3ON2c2ccccc2)c([N+](=O)[O-])cc1OC. The van der Waals surface area contributed by atoms with Crippen molar-refractivity contribution in [2.75, 3.05) is 24.2 Å². The Hall–Kier alpha value is -4.44. The van der Waals surface area contributed by atoms with E-state index in [4.69, 9.17) is 14.3 Å². The van der Waals surface area contributed by atoms with Crippen LogP contribution in [0.3, 0.4) is 0 Å². The van der Waals surface area contributed by atoms with Gasteiger partial charge in [0.25, 0.3) is 11.6 Å². The summed E-state index contributed by atoms with van der Waals surface area (Å²) in [6.45, 7) is 1.90. The quantitative estimate of drug-likeness (QED) is 0.291. The lowest BCUT2D eigenvalue weighted by atomic mass is 9.89. The van der Waals surface area contributed by atoms with Crippen molar-refractivity contribution in [2.24, 2.45) is 5.92 Å². The highest BCUT2D eigenvalue weighted by Crippen LogP contribution is 2.51. The molecule has 3 aromatic carbocycles. The first-order valence-corrected chi connectivity index (χ1v) is 11.2. The van der Waals surface area contributed by atoms with Gasteiger partial charge in [-0.3, -0.25) is 24.5 Å². The van der Waals surface area contributed by atoms with Crippen LogP contribution in [-0.2, 0) is 14.4 Å². The summed E-state index contributed by atoms with van der Waals surface area (Å²) >= 11 is 0. The van der Waals surface area contributed by atoms with Gasteiger partial charge in [-0.2, -0.15) is 0 Å². The van der Waals surface area contributed by atoms with Crippen molar-refractivity contribution in [3.05, 3.63) is 88.0 Å². The number of fused-ring (bicyclic) bond motifs is 1. The number of imide groups is 1. The molecule has 0 spiro atoms. The molecule has 2 heterocycles. The zero-order chi connectivity index (χ0) is 25.6. The predicted octanol–water partition coefficient (Wildman–Crippen LogP) is 3.97. The Balaban J connectivity index is 1.68. The highest BCUT2D eigenvalue weighted by atomic mass is 16.7. The number of para-hydroxylation sites is 1. The molecule has 3 aromatic rings. The summed E-state index contributed by atoms with van der Waals surface area (Å²) in [6, 6.07) is 17.6. The van der Waals surface area contributed by atoms with Crippen LogP contribution in [0.4, 0.5) is 17.1 Å². The Kier molecular flexibility index (Phi) is 5.81. The van der Waals surface area contributed by atoms with Crippen LogP contribution in [-0.4, -0.2) is 37.1 Å². The van der Waals surface area contributed by atoms with Crippen LogP contribution in [0.2, 0.25) is 0 Å². The maximum atomic E-state index is 13.8. The Labute approximate surface area is 206 Å². The fourth-order valence-electron chi connectivity index (χ4n) is 4.76. The Morgan fingerprint density at radius 3 is 2.14 bits per heavy atom. The van der Waals surface area contributed by atoms with E-state index in [-0.39, 0.29) is 22.7 Å². The molecule has 10 heteroatoms. The molecule has 2 amide bonds. The van der Waals surface area contributed by atoms with E-state index in [1.54, 1.807) is 48.5 Å². The Bertz CT molecular complexity index is 1340. The third kappa shape index (κ3) is 3.62. The number of nitro benzene ring substituents is 1. The number of methoxy groups -OCH3 is 2. The molecule has 3 atom stereocenters. The summed E-state index contributed by atoms with van der Waals surface area (Å²) in [4.78, 5) is 46.0. The largest absolute Gasteiger partial charge is 0.493 e. The van der Waals surface area contributed by atoms with Gasteiger partial charge in [-0.05, 0) is 37.3 Å². The predicted molar refractivity (Wildman–Crippen MR) is 130 cm³/mol. The molecular formula is C26H23N3O7. The number of nitrogens with zero attached hydrogens (tertiary/aromatic N) is 3. The minimum Gasteiger partial charge on any atom is -0.493 e. The van der Waals surface area contributed by atoms with E-state index in [2.05, 4.69) is 0 Å². The summed E-state index contributed by atoms with van der Waals surface area (Å²) in [5.41, 5.74) is 1.82. The molecule has 0 aliphatic carbocycles. The second-order valence-electron chi connectivity index (χ2n) is 8.53. The van der Waals surface area contributed by atoms with Gasteiger partial charge in [0.2, 0.25) is 5.91 Å². The molecule has 5 rings (SSSR count). The minimum absolute atomic E-state index is 0.168. The molecule has 0 saturated carbocycles. The highest BCUT2D eigenvalue weighted by Gasteiger charge is 2.61. The lowest BCUT2D eigenvalue weighted by Crippen LogP contribution is -2.37. The van der Waals surface area contributed by atoms with Gasteiger partial charge >= 0.3 is 0 Å². The van der Waals surface area contributed by atoms with Crippen LogP contribution >= 0.6 is 0 Å². The standard InChI is InChI=1S/C26H23N3O7/c1-15-9-11-16(12-10-15)27-25(30)22-23(18-13-20(34-2)21(35-3)14-19(18)29(32)33)28(36-24(22)26(27)31)17-7-5-4-6-8-17/h4-14,22-24H,1-3H3/t22-,23+,24+/m0/s1. The molecule has 36 heavy (non-hydrogen) atoms. The molecule has 2 aliphatic rings. The van der Waals surface area contributed by atoms with Gasteiger partial charge in [-0.15, -0.1) is 0 Å². The van der Waals surface area contributed by atoms with E-state index in [0.717, 1.165) is 10.5 Å². The first kappa shape index (κ1) is 23.3. The van der Waals surface area contributed by atoms with E-state index >= 15 is 0 Å². The number of hydrogen-bond acceptors (Lipinski definition) is 8. The van der Waals surface area contributed by atoms with Crippen LogP contribution in [0.5, 0.6) is 11.5 Å². The maximum Gasteiger partial charge on any atom is 0.278 e. The third-order valence-corrected chi connectivity index (χ3v) is 6.47. The number of rotatable bonds is 6. The second-order valence-corrected chi connectivity index (χ2v) is 8.53. The van der Waals surface area contributed by atoms with Gasteiger partial charge in [0.15, 0.2) is 17.6 Å². The number of hydroxylamine groups is 1. The number of carbonyl (C=O) groups excluding carboxylic acids is 2. The summed E-state index contributed by atoms with van der Waals surface area (Å²) in [5, 5.41) is 13.5. The second kappa shape index (κ2) is 8.97. The molecule has 0 bridgehead atoms. The van der Waals surface area contributed by atoms with E-state index in [1.807, 2.05) is 13.0 Å². The smallest absolute Gasteiger partial charge is 0.278 e. The van der Waals surface area contributed by atoms with E-state index < -0.39 is 34.8 Å². The fraction of sp³-hybridized carbons (Fsp3) is 0.231. The van der Waals surface area contributed by atoms with Crippen LogP contribution in [0, 0.1) is 23.0 Å². The molecule has 0 radical (unpaired) electrons. The van der Waals surface area contributed by atoms with Gasteiger partial charge in [-0.25, -0.2) is 9.96 Å². The number of anilines is 2. The van der Waals surface area contributed by atoms with Crippen molar-refractivity contribution in [1.29, 1.82) is 0 Å². The number of hydrogen-bond donors (Lipinski definition) is 0.